The molecule has 6 nitrogen and oxygen atoms in total. The third kappa shape index (κ3) is 4.89. The molecule has 0 aromatic heterocycles. The Morgan fingerprint density at radius 1 is 1.15 bits per heavy atom. The summed E-state index contributed by atoms with van der Waals surface area (Å²) >= 11 is 0. The van der Waals surface area contributed by atoms with E-state index in [0.29, 0.717) is 36.7 Å². The van der Waals surface area contributed by atoms with Gasteiger partial charge < -0.3 is 10.6 Å². The van der Waals surface area contributed by atoms with Gasteiger partial charge in [-0.05, 0) is 55.8 Å². The molecule has 2 aliphatic rings. The van der Waals surface area contributed by atoms with Crippen LogP contribution in [-0.2, 0) is 14.8 Å². The van der Waals surface area contributed by atoms with E-state index in [4.69, 9.17) is 0 Å². The molecule has 0 spiro atoms. The molecule has 2 fully saturated rings. The normalized spacial score (nSPS) is 22.7. The minimum absolute atomic E-state index is 0.0713. The molecule has 0 aliphatic carbocycles. The van der Waals surface area contributed by atoms with Gasteiger partial charge in [0.15, 0.2) is 0 Å². The molecular weight excluding hydrogens is 362 g/mol. The standard InChI is InChI=1S/C20H31N3O3S/c1-15(2)16-5-7-19(8-6-16)27(25,26)23-12-9-17(10-13-23)20(24)22-18-4-3-11-21-14-18/h5-8,15,17-18,21H,3-4,9-14H2,1-2H3,(H,22,24). The van der Waals surface area contributed by atoms with Crippen molar-refractivity contribution in [3.8, 4) is 0 Å². The minimum atomic E-state index is -3.49. The largest absolute Gasteiger partial charge is 0.352 e. The van der Waals surface area contributed by atoms with Crippen LogP contribution in [-0.4, -0.2) is 50.9 Å². The van der Waals surface area contributed by atoms with Crippen molar-refractivity contribution in [3.63, 3.8) is 0 Å². The van der Waals surface area contributed by atoms with Gasteiger partial charge in [-0.25, -0.2) is 8.42 Å². The molecule has 2 saturated heterocycles. The number of benzene rings is 1. The van der Waals surface area contributed by atoms with Gasteiger partial charge in [0.05, 0.1) is 4.90 Å². The third-order valence-corrected chi connectivity index (χ3v) is 7.57. The first kappa shape index (κ1) is 20.3. The minimum Gasteiger partial charge on any atom is -0.352 e. The number of sulfonamides is 1. The second kappa shape index (κ2) is 8.71. The number of hydrogen-bond donors (Lipinski definition) is 2. The Morgan fingerprint density at radius 2 is 1.81 bits per heavy atom. The van der Waals surface area contributed by atoms with Gasteiger partial charge in [0.1, 0.15) is 0 Å². The number of rotatable bonds is 5. The third-order valence-electron chi connectivity index (χ3n) is 5.65. The molecule has 0 saturated carbocycles. The van der Waals surface area contributed by atoms with E-state index in [1.54, 1.807) is 12.1 Å². The van der Waals surface area contributed by atoms with Crippen LogP contribution in [0, 0.1) is 5.92 Å². The lowest BCUT2D eigenvalue weighted by molar-refractivity contribution is -0.126. The number of hydrogen-bond acceptors (Lipinski definition) is 4. The smallest absolute Gasteiger partial charge is 0.243 e. The molecular formula is C20H31N3O3S. The first-order valence-electron chi connectivity index (χ1n) is 9.99. The second-order valence-corrected chi connectivity index (χ2v) is 9.89. The summed E-state index contributed by atoms with van der Waals surface area (Å²) in [6.45, 7) is 6.81. The summed E-state index contributed by atoms with van der Waals surface area (Å²) < 4.78 is 27.3. The molecule has 1 aromatic carbocycles. The van der Waals surface area contributed by atoms with Gasteiger partial charge in [0.25, 0.3) is 0 Å². The molecule has 1 aromatic rings. The summed E-state index contributed by atoms with van der Waals surface area (Å²) in [5.41, 5.74) is 1.13. The molecule has 0 radical (unpaired) electrons. The maximum Gasteiger partial charge on any atom is 0.243 e. The number of nitrogens with one attached hydrogen (secondary N) is 2. The van der Waals surface area contributed by atoms with E-state index in [1.165, 1.54) is 4.31 Å². The molecule has 2 N–H and O–H groups in total. The van der Waals surface area contributed by atoms with Gasteiger partial charge in [0, 0.05) is 31.6 Å². The van der Waals surface area contributed by atoms with Crippen LogP contribution < -0.4 is 10.6 Å². The van der Waals surface area contributed by atoms with Gasteiger partial charge in [-0.15, -0.1) is 0 Å². The highest BCUT2D eigenvalue weighted by Gasteiger charge is 2.32. The summed E-state index contributed by atoms with van der Waals surface area (Å²) in [7, 11) is -3.49. The Morgan fingerprint density at radius 3 is 2.37 bits per heavy atom. The Labute approximate surface area is 162 Å². The zero-order valence-electron chi connectivity index (χ0n) is 16.3. The van der Waals surface area contributed by atoms with Crippen LogP contribution in [0.15, 0.2) is 29.2 Å². The van der Waals surface area contributed by atoms with E-state index in [0.717, 1.165) is 31.5 Å². The first-order valence-corrected chi connectivity index (χ1v) is 11.4. The first-order chi connectivity index (χ1) is 12.9. The number of carbonyl (C=O) groups excluding carboxylic acids is 1. The van der Waals surface area contributed by atoms with Gasteiger partial charge in [-0.1, -0.05) is 26.0 Å². The predicted molar refractivity (Wildman–Crippen MR) is 106 cm³/mol. The summed E-state index contributed by atoms with van der Waals surface area (Å²) in [6, 6.07) is 7.36. The highest BCUT2D eigenvalue weighted by Crippen LogP contribution is 2.25. The van der Waals surface area contributed by atoms with Crippen molar-refractivity contribution in [2.75, 3.05) is 26.2 Å². The lowest BCUT2D eigenvalue weighted by Crippen LogP contribution is -2.49. The van der Waals surface area contributed by atoms with E-state index in [-0.39, 0.29) is 17.9 Å². The predicted octanol–water partition coefficient (Wildman–Crippen LogP) is 2.08. The molecule has 1 amide bonds. The number of amides is 1. The molecule has 1 atom stereocenters. The summed E-state index contributed by atoms with van der Waals surface area (Å²) in [4.78, 5) is 12.8. The van der Waals surface area contributed by atoms with Gasteiger partial charge in [0.2, 0.25) is 15.9 Å². The van der Waals surface area contributed by atoms with Gasteiger partial charge in [-0.3, -0.25) is 4.79 Å². The average Bonchev–Trinajstić information content (AvgIpc) is 2.69. The Balaban J connectivity index is 1.56. The van der Waals surface area contributed by atoms with E-state index < -0.39 is 10.0 Å². The Hall–Kier alpha value is -1.44. The lowest BCUT2D eigenvalue weighted by atomic mass is 9.96. The van der Waals surface area contributed by atoms with Crippen LogP contribution in [0.3, 0.4) is 0 Å². The van der Waals surface area contributed by atoms with E-state index >= 15 is 0 Å². The lowest BCUT2D eigenvalue weighted by Gasteiger charge is -2.32. The summed E-state index contributed by atoms with van der Waals surface area (Å²) in [6.07, 6.45) is 3.25. The van der Waals surface area contributed by atoms with Crippen molar-refractivity contribution in [3.05, 3.63) is 29.8 Å². The highest BCUT2D eigenvalue weighted by molar-refractivity contribution is 7.89. The molecule has 150 valence electrons. The quantitative estimate of drug-likeness (QED) is 0.803. The van der Waals surface area contributed by atoms with E-state index in [9.17, 15) is 13.2 Å². The Bertz CT molecular complexity index is 732. The topological polar surface area (TPSA) is 78.5 Å². The number of carbonyl (C=O) groups is 1. The van der Waals surface area contributed by atoms with Crippen molar-refractivity contribution in [2.45, 2.75) is 56.4 Å². The van der Waals surface area contributed by atoms with E-state index in [2.05, 4.69) is 24.5 Å². The summed E-state index contributed by atoms with van der Waals surface area (Å²) in [5.74, 6) is 0.346. The zero-order valence-corrected chi connectivity index (χ0v) is 17.1. The fourth-order valence-electron chi connectivity index (χ4n) is 3.83. The van der Waals surface area contributed by atoms with Crippen LogP contribution in [0.4, 0.5) is 0 Å². The zero-order chi connectivity index (χ0) is 19.4. The SMILES string of the molecule is CC(C)c1ccc(S(=O)(=O)N2CCC(C(=O)NC3CCCNC3)CC2)cc1. The summed E-state index contributed by atoms with van der Waals surface area (Å²) in [5, 5.41) is 6.42. The number of piperidine rings is 2. The molecule has 2 aliphatic heterocycles. The van der Waals surface area contributed by atoms with E-state index in [1.807, 2.05) is 12.1 Å². The van der Waals surface area contributed by atoms with Crippen LogP contribution in [0.2, 0.25) is 0 Å². The molecule has 1 unspecified atom stereocenters. The van der Waals surface area contributed by atoms with Crippen LogP contribution >= 0.6 is 0 Å². The maximum absolute atomic E-state index is 12.9. The molecule has 2 heterocycles. The van der Waals surface area contributed by atoms with Crippen molar-refractivity contribution in [1.82, 2.24) is 14.9 Å². The second-order valence-electron chi connectivity index (χ2n) is 7.95. The monoisotopic (exact) mass is 393 g/mol. The van der Waals surface area contributed by atoms with Crippen molar-refractivity contribution < 1.29 is 13.2 Å². The fraction of sp³-hybridized carbons (Fsp3) is 0.650. The van der Waals surface area contributed by atoms with Crippen molar-refractivity contribution >= 4 is 15.9 Å². The van der Waals surface area contributed by atoms with Crippen molar-refractivity contribution in [1.29, 1.82) is 0 Å². The van der Waals surface area contributed by atoms with Crippen LogP contribution in [0.5, 0.6) is 0 Å². The highest BCUT2D eigenvalue weighted by atomic mass is 32.2. The number of nitrogens with zero attached hydrogens (tertiary/aromatic N) is 1. The average molecular weight is 394 g/mol. The van der Waals surface area contributed by atoms with Gasteiger partial charge in [-0.2, -0.15) is 4.31 Å². The molecule has 27 heavy (non-hydrogen) atoms. The van der Waals surface area contributed by atoms with Crippen LogP contribution in [0.25, 0.3) is 0 Å². The van der Waals surface area contributed by atoms with Crippen LogP contribution in [0.1, 0.15) is 51.0 Å². The molecule has 3 rings (SSSR count). The van der Waals surface area contributed by atoms with Gasteiger partial charge >= 0.3 is 0 Å². The fourth-order valence-corrected chi connectivity index (χ4v) is 5.30. The van der Waals surface area contributed by atoms with Crippen molar-refractivity contribution in [2.24, 2.45) is 5.92 Å². The molecule has 7 heteroatoms. The molecule has 0 bridgehead atoms. The Kier molecular flexibility index (Phi) is 6.55. The maximum atomic E-state index is 12.9.